The molecule has 0 aliphatic rings. The van der Waals surface area contributed by atoms with E-state index in [1.807, 2.05) is 20.8 Å². The molecule has 0 aromatic carbocycles. The molecular weight excluding hydrogens is 264 g/mol. The van der Waals surface area contributed by atoms with Gasteiger partial charge in [0.05, 0.1) is 18.3 Å². The summed E-state index contributed by atoms with van der Waals surface area (Å²) in [5, 5.41) is 10.1. The van der Waals surface area contributed by atoms with Gasteiger partial charge in [-0.2, -0.15) is 0 Å². The first-order valence-corrected chi connectivity index (χ1v) is 8.87. The zero-order chi connectivity index (χ0) is 16.1. The Morgan fingerprint density at radius 3 is 2.19 bits per heavy atom. The highest BCUT2D eigenvalue weighted by atomic mass is 17.2. The molecule has 0 radical (unpaired) electrons. The fraction of sp³-hybridized carbons (Fsp3) is 1.00. The number of aliphatic hydroxyl groups excluding tert-OH is 1. The van der Waals surface area contributed by atoms with Crippen LogP contribution in [0.2, 0.25) is 0 Å². The number of aliphatic hydroxyl groups is 1. The molecule has 0 bridgehead atoms. The van der Waals surface area contributed by atoms with Crippen molar-refractivity contribution in [2.75, 3.05) is 6.61 Å². The molecule has 0 rings (SSSR count). The topological polar surface area (TPSA) is 38.7 Å². The van der Waals surface area contributed by atoms with Crippen molar-refractivity contribution in [3.05, 3.63) is 0 Å². The fourth-order valence-electron chi connectivity index (χ4n) is 2.43. The smallest absolute Gasteiger partial charge is 0.0952 e. The van der Waals surface area contributed by atoms with E-state index in [-0.39, 0.29) is 11.7 Å². The fourth-order valence-corrected chi connectivity index (χ4v) is 2.43. The van der Waals surface area contributed by atoms with Gasteiger partial charge in [-0.1, -0.05) is 52.4 Å². The van der Waals surface area contributed by atoms with Gasteiger partial charge < -0.3 is 5.11 Å². The van der Waals surface area contributed by atoms with E-state index in [0.29, 0.717) is 12.5 Å². The van der Waals surface area contributed by atoms with Crippen molar-refractivity contribution >= 4 is 0 Å². The van der Waals surface area contributed by atoms with E-state index in [2.05, 4.69) is 13.8 Å². The van der Waals surface area contributed by atoms with E-state index in [4.69, 9.17) is 9.78 Å². The molecule has 0 aromatic heterocycles. The molecule has 0 aliphatic heterocycles. The molecule has 2 atom stereocenters. The first kappa shape index (κ1) is 20.9. The Hall–Kier alpha value is -0.120. The standard InChI is InChI=1S/C18H38O3/c1-6-8-9-13-17(19)15-16(7-2)12-10-11-14-20-21-18(3,4)5/h16-17,19H,6-15H2,1-5H3. The van der Waals surface area contributed by atoms with Crippen LogP contribution in [-0.4, -0.2) is 23.4 Å². The molecule has 128 valence electrons. The highest BCUT2D eigenvalue weighted by molar-refractivity contribution is 4.65. The van der Waals surface area contributed by atoms with E-state index in [9.17, 15) is 5.11 Å². The monoisotopic (exact) mass is 302 g/mol. The third-order valence-electron chi connectivity index (χ3n) is 3.72. The summed E-state index contributed by atoms with van der Waals surface area (Å²) in [5.41, 5.74) is -0.228. The van der Waals surface area contributed by atoms with Gasteiger partial charge in [-0.05, 0) is 46.0 Å². The second kappa shape index (κ2) is 12.4. The van der Waals surface area contributed by atoms with Gasteiger partial charge in [0.25, 0.3) is 0 Å². The van der Waals surface area contributed by atoms with Crippen LogP contribution in [0.4, 0.5) is 0 Å². The summed E-state index contributed by atoms with van der Waals surface area (Å²) in [6.45, 7) is 11.0. The Labute approximate surface area is 132 Å². The maximum Gasteiger partial charge on any atom is 0.0952 e. The van der Waals surface area contributed by atoms with Gasteiger partial charge in [0, 0.05) is 0 Å². The molecule has 0 aromatic rings. The molecule has 2 unspecified atom stereocenters. The maximum atomic E-state index is 10.1. The van der Waals surface area contributed by atoms with Crippen LogP contribution in [0, 0.1) is 5.92 Å². The van der Waals surface area contributed by atoms with Crippen LogP contribution in [0.5, 0.6) is 0 Å². The molecule has 0 saturated carbocycles. The summed E-state index contributed by atoms with van der Waals surface area (Å²) >= 11 is 0. The number of rotatable bonds is 13. The molecule has 1 N–H and O–H groups in total. The van der Waals surface area contributed by atoms with Gasteiger partial charge in [-0.3, -0.25) is 0 Å². The van der Waals surface area contributed by atoms with Crippen molar-refractivity contribution in [2.24, 2.45) is 5.92 Å². The van der Waals surface area contributed by atoms with Gasteiger partial charge in [0.15, 0.2) is 0 Å². The minimum atomic E-state index is -0.228. The third-order valence-corrected chi connectivity index (χ3v) is 3.72. The Bertz CT molecular complexity index is 223. The van der Waals surface area contributed by atoms with E-state index >= 15 is 0 Å². The number of hydrogen-bond acceptors (Lipinski definition) is 3. The molecule has 0 saturated heterocycles. The average Bonchev–Trinajstić information content (AvgIpc) is 2.40. The van der Waals surface area contributed by atoms with Crippen molar-refractivity contribution in [1.82, 2.24) is 0 Å². The van der Waals surface area contributed by atoms with Crippen LogP contribution in [0.3, 0.4) is 0 Å². The zero-order valence-corrected chi connectivity index (χ0v) is 15.0. The Balaban J connectivity index is 3.61. The Morgan fingerprint density at radius 2 is 1.62 bits per heavy atom. The number of hydrogen-bond donors (Lipinski definition) is 1. The van der Waals surface area contributed by atoms with Crippen LogP contribution in [0.1, 0.15) is 92.4 Å². The zero-order valence-electron chi connectivity index (χ0n) is 15.0. The molecule has 0 heterocycles. The second-order valence-electron chi connectivity index (χ2n) is 7.17. The lowest BCUT2D eigenvalue weighted by Crippen LogP contribution is -2.19. The van der Waals surface area contributed by atoms with E-state index in [0.717, 1.165) is 38.5 Å². The van der Waals surface area contributed by atoms with Crippen molar-refractivity contribution in [3.63, 3.8) is 0 Å². The van der Waals surface area contributed by atoms with E-state index < -0.39 is 0 Å². The van der Waals surface area contributed by atoms with Crippen LogP contribution < -0.4 is 0 Å². The summed E-state index contributed by atoms with van der Waals surface area (Å²) in [5.74, 6) is 0.644. The van der Waals surface area contributed by atoms with E-state index in [1.165, 1.54) is 19.3 Å². The summed E-state index contributed by atoms with van der Waals surface area (Å²) in [6, 6.07) is 0. The molecule has 0 spiro atoms. The third kappa shape index (κ3) is 14.6. The van der Waals surface area contributed by atoms with Gasteiger partial charge in [0.1, 0.15) is 0 Å². The van der Waals surface area contributed by atoms with E-state index in [1.54, 1.807) is 0 Å². The molecule has 3 heteroatoms. The Kier molecular flexibility index (Phi) is 12.4. The first-order valence-electron chi connectivity index (χ1n) is 8.87. The van der Waals surface area contributed by atoms with Crippen molar-refractivity contribution < 1.29 is 14.9 Å². The van der Waals surface area contributed by atoms with Crippen LogP contribution in [0.15, 0.2) is 0 Å². The minimum absolute atomic E-state index is 0.109. The quantitative estimate of drug-likeness (QED) is 0.286. The SMILES string of the molecule is CCCCCC(O)CC(CC)CCCCOOC(C)(C)C. The van der Waals surface area contributed by atoms with Gasteiger partial charge in [-0.15, -0.1) is 0 Å². The molecule has 21 heavy (non-hydrogen) atoms. The maximum absolute atomic E-state index is 10.1. The summed E-state index contributed by atoms with van der Waals surface area (Å²) < 4.78 is 0. The predicted molar refractivity (Wildman–Crippen MR) is 89.2 cm³/mol. The number of unbranched alkanes of at least 4 members (excludes halogenated alkanes) is 3. The molecule has 3 nitrogen and oxygen atoms in total. The minimum Gasteiger partial charge on any atom is -0.393 e. The normalized spacial score (nSPS) is 15.1. The highest BCUT2D eigenvalue weighted by Gasteiger charge is 2.13. The van der Waals surface area contributed by atoms with Crippen LogP contribution >= 0.6 is 0 Å². The summed E-state index contributed by atoms with van der Waals surface area (Å²) in [4.78, 5) is 10.5. The van der Waals surface area contributed by atoms with Gasteiger partial charge in [-0.25, -0.2) is 9.78 Å². The molecule has 0 fully saturated rings. The van der Waals surface area contributed by atoms with Gasteiger partial charge >= 0.3 is 0 Å². The molecule has 0 amide bonds. The van der Waals surface area contributed by atoms with Crippen LogP contribution in [-0.2, 0) is 9.78 Å². The largest absolute Gasteiger partial charge is 0.393 e. The highest BCUT2D eigenvalue weighted by Crippen LogP contribution is 2.21. The van der Waals surface area contributed by atoms with Crippen molar-refractivity contribution in [2.45, 2.75) is 104 Å². The first-order chi connectivity index (χ1) is 9.89. The van der Waals surface area contributed by atoms with Crippen molar-refractivity contribution in [3.8, 4) is 0 Å². The molecule has 0 aliphatic carbocycles. The lowest BCUT2D eigenvalue weighted by atomic mass is 9.91. The average molecular weight is 302 g/mol. The summed E-state index contributed by atoms with van der Waals surface area (Å²) in [6.07, 6.45) is 9.94. The molecular formula is C18H38O3. The lowest BCUT2D eigenvalue weighted by Gasteiger charge is -2.19. The van der Waals surface area contributed by atoms with Crippen LogP contribution in [0.25, 0.3) is 0 Å². The van der Waals surface area contributed by atoms with Gasteiger partial charge in [0.2, 0.25) is 0 Å². The lowest BCUT2D eigenvalue weighted by molar-refractivity contribution is -0.348. The van der Waals surface area contributed by atoms with Crippen molar-refractivity contribution in [1.29, 1.82) is 0 Å². The predicted octanol–water partition coefficient (Wildman–Crippen LogP) is 5.26. The summed E-state index contributed by atoms with van der Waals surface area (Å²) in [7, 11) is 0. The second-order valence-corrected chi connectivity index (χ2v) is 7.17. The Morgan fingerprint density at radius 1 is 0.952 bits per heavy atom.